The minimum Gasteiger partial charge on any atom is -0.457 e. The SMILES string of the molecule is CC(C)(C)c1ccc(-c2cnc(-n3c4ccc(-c5ccccc5)cc4c4cc(-c5ccccc5)c(Oc5cccc(N6CN(c7c(-c8ccc(C(C)(C)C)cc8)cccc7-c7cccc(-c8ccccc8)c7)c7ccccc76)c5)cc43)cc2C(C)(C)C)cc1. The molecule has 5 heteroatoms. The molecule has 0 amide bonds. The topological polar surface area (TPSA) is 33.5 Å². The van der Waals surface area contributed by atoms with Crippen LogP contribution in [-0.2, 0) is 16.2 Å². The zero-order chi connectivity index (χ0) is 61.2. The van der Waals surface area contributed by atoms with E-state index in [2.05, 4.69) is 350 Å². The van der Waals surface area contributed by atoms with Gasteiger partial charge in [0.05, 0.1) is 28.1 Å². The van der Waals surface area contributed by atoms with Crippen LogP contribution in [-0.4, -0.2) is 16.2 Å². The fraction of sp³-hybridized carbons (Fsp3) is 0.155. The minimum absolute atomic E-state index is 0.0260. The molecule has 0 N–H and O–H groups in total. The van der Waals surface area contributed by atoms with Crippen LogP contribution >= 0.6 is 0 Å². The molecule has 0 spiro atoms. The molecule has 436 valence electrons. The number of nitrogens with zero attached hydrogens (tertiary/aromatic N) is 4. The van der Waals surface area contributed by atoms with Crippen molar-refractivity contribution in [1.82, 2.24) is 9.55 Å². The van der Waals surface area contributed by atoms with E-state index in [0.717, 1.165) is 101 Å². The summed E-state index contributed by atoms with van der Waals surface area (Å²) in [5, 5.41) is 2.25. The first-order valence-electron chi connectivity index (χ1n) is 31.2. The van der Waals surface area contributed by atoms with Gasteiger partial charge in [-0.1, -0.05) is 263 Å². The highest BCUT2D eigenvalue weighted by Crippen LogP contribution is 2.52. The standard InChI is InChI=1S/C84H74N4O/c1-82(2,3)64-43-38-59(39-44-64)68-34-23-35-69(63-31-21-30-61(48-63)56-24-13-10-14-25-56)81(68)87-55-86(76-36-19-20-37-77(76)87)66-32-22-33-67(50-66)89-79-53-78-72(51-70(79)58-28-17-12-18-29-58)71-49-62(57-26-15-11-16-27-57)42-47-75(71)88(78)80-52-74(84(7,8)9)73(54-85-80)60-40-45-65(46-41-60)83(4,5)6/h10-54H,55H2,1-9H3. The highest BCUT2D eigenvalue weighted by Gasteiger charge is 2.32. The number of anilines is 4. The van der Waals surface area contributed by atoms with Crippen molar-refractivity contribution in [1.29, 1.82) is 0 Å². The van der Waals surface area contributed by atoms with Gasteiger partial charge in [-0.05, 0) is 132 Å². The molecule has 0 atom stereocenters. The summed E-state index contributed by atoms with van der Waals surface area (Å²) in [6.45, 7) is 21.1. The molecular weight excluding hydrogens is 1080 g/mol. The summed E-state index contributed by atoms with van der Waals surface area (Å²) in [4.78, 5) is 10.3. The van der Waals surface area contributed by atoms with Crippen LogP contribution in [0.4, 0.5) is 22.7 Å². The van der Waals surface area contributed by atoms with Gasteiger partial charge < -0.3 is 14.5 Å². The number of ether oxygens (including phenoxy) is 1. The third kappa shape index (κ3) is 10.9. The predicted molar refractivity (Wildman–Crippen MR) is 376 cm³/mol. The second-order valence-electron chi connectivity index (χ2n) is 26.9. The van der Waals surface area contributed by atoms with Gasteiger partial charge in [0.1, 0.15) is 24.0 Å². The Morgan fingerprint density at radius 3 is 1.46 bits per heavy atom. The summed E-state index contributed by atoms with van der Waals surface area (Å²) < 4.78 is 9.75. The highest BCUT2D eigenvalue weighted by atomic mass is 16.5. The Bertz CT molecular complexity index is 4750. The van der Waals surface area contributed by atoms with Crippen molar-refractivity contribution >= 4 is 44.6 Å². The van der Waals surface area contributed by atoms with E-state index in [-0.39, 0.29) is 16.2 Å². The summed E-state index contributed by atoms with van der Waals surface area (Å²) in [6.07, 6.45) is 2.09. The third-order valence-corrected chi connectivity index (χ3v) is 17.8. The summed E-state index contributed by atoms with van der Waals surface area (Å²) in [6, 6.07) is 97.3. The maximum absolute atomic E-state index is 7.40. The first-order valence-corrected chi connectivity index (χ1v) is 31.2. The van der Waals surface area contributed by atoms with Crippen molar-refractivity contribution < 1.29 is 4.74 Å². The molecule has 0 fully saturated rings. The fourth-order valence-electron chi connectivity index (χ4n) is 13.0. The Morgan fingerprint density at radius 1 is 0.348 bits per heavy atom. The number of aromatic nitrogens is 2. The maximum Gasteiger partial charge on any atom is 0.137 e. The van der Waals surface area contributed by atoms with E-state index in [1.807, 2.05) is 0 Å². The van der Waals surface area contributed by atoms with Crippen molar-refractivity contribution in [2.75, 3.05) is 16.5 Å². The lowest BCUT2D eigenvalue weighted by Gasteiger charge is -2.28. The van der Waals surface area contributed by atoms with Crippen LogP contribution in [0.25, 0.3) is 94.4 Å². The molecule has 14 rings (SSSR count). The second-order valence-corrected chi connectivity index (χ2v) is 26.9. The van der Waals surface area contributed by atoms with Gasteiger partial charge in [-0.3, -0.25) is 4.57 Å². The zero-order valence-electron chi connectivity index (χ0n) is 52.4. The monoisotopic (exact) mass is 1150 g/mol. The van der Waals surface area contributed by atoms with Crippen LogP contribution in [0.15, 0.2) is 273 Å². The Morgan fingerprint density at radius 2 is 0.843 bits per heavy atom. The molecule has 13 aromatic rings. The van der Waals surface area contributed by atoms with E-state index in [0.29, 0.717) is 6.67 Å². The van der Waals surface area contributed by atoms with Crippen molar-refractivity contribution in [3.8, 4) is 84.1 Å². The largest absolute Gasteiger partial charge is 0.457 e. The molecule has 0 bridgehead atoms. The Kier molecular flexibility index (Phi) is 14.3. The number of para-hydroxylation sites is 3. The number of fused-ring (bicyclic) bond motifs is 4. The molecule has 3 heterocycles. The zero-order valence-corrected chi connectivity index (χ0v) is 52.4. The lowest BCUT2D eigenvalue weighted by Crippen LogP contribution is -2.25. The Hall–Kier alpha value is -10.2. The Labute approximate surface area is 524 Å². The van der Waals surface area contributed by atoms with E-state index in [1.54, 1.807) is 0 Å². The summed E-state index contributed by atoms with van der Waals surface area (Å²) in [7, 11) is 0. The van der Waals surface area contributed by atoms with Gasteiger partial charge >= 0.3 is 0 Å². The third-order valence-electron chi connectivity index (χ3n) is 17.8. The Balaban J connectivity index is 0.900. The smallest absolute Gasteiger partial charge is 0.137 e. The van der Waals surface area contributed by atoms with E-state index < -0.39 is 0 Å². The number of pyridine rings is 1. The van der Waals surface area contributed by atoms with Crippen LogP contribution in [0.2, 0.25) is 0 Å². The number of benzene rings is 11. The molecule has 0 saturated heterocycles. The molecule has 0 saturated carbocycles. The summed E-state index contributed by atoms with van der Waals surface area (Å²) >= 11 is 0. The number of hydrogen-bond donors (Lipinski definition) is 0. The molecule has 0 unspecified atom stereocenters. The van der Waals surface area contributed by atoms with Crippen molar-refractivity contribution in [3.63, 3.8) is 0 Å². The van der Waals surface area contributed by atoms with Crippen molar-refractivity contribution in [2.24, 2.45) is 0 Å². The summed E-state index contributed by atoms with van der Waals surface area (Å²) in [5.74, 6) is 2.33. The highest BCUT2D eigenvalue weighted by molar-refractivity contribution is 6.12. The first kappa shape index (κ1) is 56.6. The fourth-order valence-corrected chi connectivity index (χ4v) is 13.0. The summed E-state index contributed by atoms with van der Waals surface area (Å²) in [5.41, 5.74) is 24.0. The molecule has 89 heavy (non-hydrogen) atoms. The molecule has 1 aliphatic heterocycles. The molecule has 11 aromatic carbocycles. The second kappa shape index (κ2) is 22.5. The number of rotatable bonds is 11. The molecule has 2 aromatic heterocycles. The average Bonchev–Trinajstić information content (AvgIpc) is 1.62. The lowest BCUT2D eigenvalue weighted by atomic mass is 9.81. The van der Waals surface area contributed by atoms with Crippen molar-refractivity contribution in [3.05, 3.63) is 290 Å². The van der Waals surface area contributed by atoms with E-state index in [9.17, 15) is 0 Å². The van der Waals surface area contributed by atoms with Crippen LogP contribution < -0.4 is 14.5 Å². The van der Waals surface area contributed by atoms with Crippen molar-refractivity contribution in [2.45, 2.75) is 78.6 Å². The predicted octanol–water partition coefficient (Wildman–Crippen LogP) is 23.1. The molecular formula is C84H74N4O. The van der Waals surface area contributed by atoms with E-state index in [4.69, 9.17) is 9.72 Å². The van der Waals surface area contributed by atoms with Crippen LogP contribution in [0.3, 0.4) is 0 Å². The van der Waals surface area contributed by atoms with Gasteiger partial charge in [0, 0.05) is 57.0 Å². The molecule has 0 radical (unpaired) electrons. The number of hydrogen-bond acceptors (Lipinski definition) is 4. The normalized spacial score (nSPS) is 12.7. The van der Waals surface area contributed by atoms with Gasteiger partial charge in [-0.15, -0.1) is 0 Å². The first-order chi connectivity index (χ1) is 43.0. The van der Waals surface area contributed by atoms with Gasteiger partial charge in [0.2, 0.25) is 0 Å². The van der Waals surface area contributed by atoms with Gasteiger partial charge in [-0.2, -0.15) is 0 Å². The maximum atomic E-state index is 7.40. The quantitative estimate of drug-likeness (QED) is 0.129. The minimum atomic E-state index is -0.194. The molecule has 5 nitrogen and oxygen atoms in total. The van der Waals surface area contributed by atoms with Gasteiger partial charge in [0.15, 0.2) is 0 Å². The van der Waals surface area contributed by atoms with Gasteiger partial charge in [0.25, 0.3) is 0 Å². The molecule has 1 aliphatic rings. The molecule has 0 aliphatic carbocycles. The van der Waals surface area contributed by atoms with E-state index in [1.165, 1.54) is 44.5 Å². The van der Waals surface area contributed by atoms with Crippen LogP contribution in [0.1, 0.15) is 79.0 Å². The lowest BCUT2D eigenvalue weighted by molar-refractivity contribution is 0.485. The van der Waals surface area contributed by atoms with Crippen LogP contribution in [0.5, 0.6) is 11.5 Å². The van der Waals surface area contributed by atoms with Crippen LogP contribution in [0, 0.1) is 0 Å². The van der Waals surface area contributed by atoms with Gasteiger partial charge in [-0.25, -0.2) is 4.98 Å². The average molecular weight is 1160 g/mol. The van der Waals surface area contributed by atoms with E-state index >= 15 is 0 Å².